The smallest absolute Gasteiger partial charge is 0.339 e. The Hall–Kier alpha value is -2.53. The van der Waals surface area contributed by atoms with Crippen LogP contribution in [0.25, 0.3) is 0 Å². The minimum Gasteiger partial charge on any atom is -0.744 e. The van der Waals surface area contributed by atoms with Crippen molar-refractivity contribution < 1.29 is 43.6 Å². The molecule has 0 atom stereocenters. The quantitative estimate of drug-likeness (QED) is 0.638. The molecular weight excluding hydrogens is 333 g/mol. The lowest BCUT2D eigenvalue weighted by atomic mass is 10.2. The molecule has 10 heteroatoms. The fraction of sp³-hybridized carbons (Fsp3) is 0. The van der Waals surface area contributed by atoms with Gasteiger partial charge in [-0.2, -0.15) is 0 Å². The average Bonchev–Trinajstić information content (AvgIpc) is 2.41. The van der Waals surface area contributed by atoms with E-state index in [1.807, 2.05) is 0 Å². The monoisotopic (exact) mass is 347 g/mol. The molecule has 0 aliphatic heterocycles. The van der Waals surface area contributed by atoms with Crippen molar-refractivity contribution in [3.8, 4) is 5.75 Å². The molecule has 0 spiro atoms. The molecule has 0 saturated heterocycles. The lowest BCUT2D eigenvalue weighted by Gasteiger charge is -2.08. The summed E-state index contributed by atoms with van der Waals surface area (Å²) in [5, 5.41) is 17.5. The second-order valence-corrected chi connectivity index (χ2v) is 5.44. The third kappa shape index (κ3) is 6.40. The summed E-state index contributed by atoms with van der Waals surface area (Å²) in [5.74, 6) is -2.31. The number of carboxylic acids is 1. The average molecular weight is 347 g/mol. The van der Waals surface area contributed by atoms with Crippen LogP contribution in [0.5, 0.6) is 5.75 Å². The van der Waals surface area contributed by atoms with Gasteiger partial charge in [0, 0.05) is 12.1 Å². The summed E-state index contributed by atoms with van der Waals surface area (Å²) >= 11 is 0. The number of hydrogen-bond donors (Lipinski definition) is 3. The van der Waals surface area contributed by atoms with Crippen LogP contribution in [0, 0.1) is 5.82 Å². The van der Waals surface area contributed by atoms with Crippen LogP contribution in [0.15, 0.2) is 47.4 Å². The molecule has 2 aromatic carbocycles. The molecule has 7 N–H and O–H groups in total. The minimum absolute atomic E-state index is 0. The molecule has 2 rings (SSSR count). The summed E-state index contributed by atoms with van der Waals surface area (Å²) in [6.45, 7) is 0. The Morgan fingerprint density at radius 1 is 1.13 bits per heavy atom. The molecule has 0 radical (unpaired) electrons. The van der Waals surface area contributed by atoms with Gasteiger partial charge >= 0.3 is 5.97 Å². The van der Waals surface area contributed by atoms with Gasteiger partial charge in [0.15, 0.2) is 0 Å². The second-order valence-electron chi connectivity index (χ2n) is 4.06. The van der Waals surface area contributed by atoms with Gasteiger partial charge in [0.2, 0.25) is 0 Å². The van der Waals surface area contributed by atoms with Crippen molar-refractivity contribution in [1.82, 2.24) is 0 Å². The maximum absolute atomic E-state index is 12.1. The highest BCUT2D eigenvalue weighted by molar-refractivity contribution is 7.85. The van der Waals surface area contributed by atoms with Crippen molar-refractivity contribution in [1.29, 1.82) is 0 Å². The van der Waals surface area contributed by atoms with Crippen LogP contribution in [0.1, 0.15) is 10.4 Å². The second kappa shape index (κ2) is 8.19. The van der Waals surface area contributed by atoms with Gasteiger partial charge in [-0.15, -0.1) is 0 Å². The van der Waals surface area contributed by atoms with Crippen LogP contribution in [0.3, 0.4) is 0 Å². The first-order chi connectivity index (χ1) is 10.1. The normalized spacial score (nSPS) is 10.0. The van der Waals surface area contributed by atoms with Gasteiger partial charge in [-0.05, 0) is 30.3 Å². The van der Waals surface area contributed by atoms with Crippen molar-refractivity contribution in [2.24, 2.45) is 0 Å². The Kier molecular flexibility index (Phi) is 7.29. The zero-order valence-corrected chi connectivity index (χ0v) is 12.4. The van der Waals surface area contributed by atoms with Crippen LogP contribution in [-0.2, 0) is 10.1 Å². The van der Waals surface area contributed by atoms with Crippen molar-refractivity contribution in [2.75, 3.05) is 0 Å². The molecule has 0 heterocycles. The Bertz CT molecular complexity index is 754. The lowest BCUT2D eigenvalue weighted by Crippen LogP contribution is -2.39. The molecule has 126 valence electrons. The Morgan fingerprint density at radius 3 is 2.04 bits per heavy atom. The number of hydrogen-bond acceptors (Lipinski definition) is 5. The third-order valence-electron chi connectivity index (χ3n) is 2.40. The SMILES string of the molecule is O.O=C(O)c1cc(S(=O)(=O)[O-])ccc1O.[NH3+]c1ccc(F)cc1. The number of quaternary nitrogens is 1. The summed E-state index contributed by atoms with van der Waals surface area (Å²) in [5.41, 5.74) is 3.81. The first-order valence-electron chi connectivity index (χ1n) is 5.71. The van der Waals surface area contributed by atoms with Crippen LogP contribution >= 0.6 is 0 Å². The van der Waals surface area contributed by atoms with E-state index in [-0.39, 0.29) is 11.3 Å². The van der Waals surface area contributed by atoms with E-state index >= 15 is 0 Å². The van der Waals surface area contributed by atoms with Crippen molar-refractivity contribution >= 4 is 21.8 Å². The molecule has 23 heavy (non-hydrogen) atoms. The predicted molar refractivity (Wildman–Crippen MR) is 75.6 cm³/mol. The Morgan fingerprint density at radius 2 is 1.65 bits per heavy atom. The van der Waals surface area contributed by atoms with Gasteiger partial charge in [0.05, 0.1) is 4.90 Å². The highest BCUT2D eigenvalue weighted by Crippen LogP contribution is 2.20. The number of carboxylic acid groups (broad SMARTS) is 1. The van der Waals surface area contributed by atoms with Gasteiger partial charge in [0.25, 0.3) is 0 Å². The highest BCUT2D eigenvalue weighted by atomic mass is 32.2. The van der Waals surface area contributed by atoms with E-state index in [4.69, 9.17) is 10.2 Å². The predicted octanol–water partition coefficient (Wildman–Crippen LogP) is -0.131. The molecule has 0 bridgehead atoms. The Balaban J connectivity index is 0.000000460. The molecule has 0 unspecified atom stereocenters. The summed E-state index contributed by atoms with van der Waals surface area (Å²) < 4.78 is 43.5. The zero-order valence-electron chi connectivity index (χ0n) is 11.6. The maximum Gasteiger partial charge on any atom is 0.339 e. The number of phenols is 1. The third-order valence-corrected chi connectivity index (χ3v) is 3.23. The number of carbonyl (C=O) groups is 1. The van der Waals surface area contributed by atoms with Crippen molar-refractivity contribution in [2.45, 2.75) is 4.90 Å². The standard InChI is InChI=1S/C7H6O6S.C6H6FN.H2O/c8-6-2-1-4(14(11,12)13)3-5(6)7(9)10;7-5-1-3-6(8)4-2-5;/h1-3,8H,(H,9,10)(H,11,12,13);1-4H,8H2;1H2. The summed E-state index contributed by atoms with van der Waals surface area (Å²) in [7, 11) is -4.70. The van der Waals surface area contributed by atoms with E-state index in [1.165, 1.54) is 12.1 Å². The van der Waals surface area contributed by atoms with E-state index < -0.39 is 32.3 Å². The number of halogens is 1. The number of benzene rings is 2. The molecule has 0 fully saturated rings. The molecule has 2 aromatic rings. The minimum atomic E-state index is -4.70. The maximum atomic E-state index is 12.1. The van der Waals surface area contributed by atoms with Crippen molar-refractivity contribution in [3.63, 3.8) is 0 Å². The topological polar surface area (TPSA) is 174 Å². The molecule has 0 saturated carbocycles. The first-order valence-corrected chi connectivity index (χ1v) is 7.12. The Labute approximate surface area is 130 Å². The van der Waals surface area contributed by atoms with E-state index in [1.54, 1.807) is 12.1 Å². The largest absolute Gasteiger partial charge is 0.744 e. The van der Waals surface area contributed by atoms with Gasteiger partial charge in [-0.1, -0.05) is 0 Å². The van der Waals surface area contributed by atoms with E-state index in [9.17, 15) is 22.2 Å². The molecule has 0 aromatic heterocycles. The van der Waals surface area contributed by atoms with Crippen LogP contribution in [-0.4, -0.2) is 34.6 Å². The highest BCUT2D eigenvalue weighted by Gasteiger charge is 2.12. The van der Waals surface area contributed by atoms with Crippen LogP contribution in [0.4, 0.5) is 10.1 Å². The van der Waals surface area contributed by atoms with Crippen LogP contribution in [0.2, 0.25) is 0 Å². The first kappa shape index (κ1) is 20.5. The van der Waals surface area contributed by atoms with Crippen molar-refractivity contribution in [3.05, 3.63) is 53.8 Å². The van der Waals surface area contributed by atoms with E-state index in [0.29, 0.717) is 6.07 Å². The van der Waals surface area contributed by atoms with E-state index in [2.05, 4.69) is 5.73 Å². The molecular formula is C13H14FNO7S. The number of rotatable bonds is 2. The van der Waals surface area contributed by atoms with Gasteiger partial charge in [0.1, 0.15) is 32.9 Å². The molecule has 8 nitrogen and oxygen atoms in total. The molecule has 0 aliphatic carbocycles. The molecule has 0 aliphatic rings. The van der Waals surface area contributed by atoms with Gasteiger partial charge in [-0.25, -0.2) is 17.6 Å². The fourth-order valence-electron chi connectivity index (χ4n) is 1.33. The summed E-state index contributed by atoms with van der Waals surface area (Å²) in [4.78, 5) is 9.76. The van der Waals surface area contributed by atoms with Crippen LogP contribution < -0.4 is 5.73 Å². The number of aromatic carboxylic acids is 1. The summed E-state index contributed by atoms with van der Waals surface area (Å²) in [6.07, 6.45) is 0. The van der Waals surface area contributed by atoms with Gasteiger partial charge < -0.3 is 26.0 Å². The van der Waals surface area contributed by atoms with E-state index in [0.717, 1.165) is 17.8 Å². The zero-order chi connectivity index (χ0) is 16.9. The lowest BCUT2D eigenvalue weighted by molar-refractivity contribution is -0.254. The summed E-state index contributed by atoms with van der Waals surface area (Å²) in [6, 6.07) is 8.34. The fourth-order valence-corrected chi connectivity index (χ4v) is 1.82. The number of aromatic hydroxyl groups is 1. The van der Waals surface area contributed by atoms with Gasteiger partial charge in [-0.3, -0.25) is 0 Å². The molecule has 0 amide bonds.